The van der Waals surface area contributed by atoms with Crippen LogP contribution in [0.15, 0.2) is 130 Å². The summed E-state index contributed by atoms with van der Waals surface area (Å²) in [5.41, 5.74) is 1.71. The molecule has 42 heavy (non-hydrogen) atoms. The molecule has 1 heterocycles. The van der Waals surface area contributed by atoms with Crippen LogP contribution in [0.2, 0.25) is 0 Å². The zero-order chi connectivity index (χ0) is 29.3. The van der Waals surface area contributed by atoms with Gasteiger partial charge < -0.3 is 20.4 Å². The lowest BCUT2D eigenvalue weighted by Crippen LogP contribution is -2.30. The molecule has 210 valence electrons. The summed E-state index contributed by atoms with van der Waals surface area (Å²) in [6, 6.07) is 33.1. The van der Waals surface area contributed by atoms with E-state index in [-0.39, 0.29) is 16.9 Å². The van der Waals surface area contributed by atoms with Crippen molar-refractivity contribution in [1.82, 2.24) is 5.32 Å². The highest BCUT2D eigenvalue weighted by atomic mass is 32.2. The van der Waals surface area contributed by atoms with Gasteiger partial charge >= 0.3 is 0 Å². The van der Waals surface area contributed by atoms with Crippen LogP contribution in [0.5, 0.6) is 0 Å². The summed E-state index contributed by atoms with van der Waals surface area (Å²) in [6.45, 7) is 1.96. The Balaban J connectivity index is 1.27. The highest BCUT2D eigenvalue weighted by Gasteiger charge is 2.20. The van der Waals surface area contributed by atoms with Crippen LogP contribution in [-0.4, -0.2) is 23.0 Å². The summed E-state index contributed by atoms with van der Waals surface area (Å²) in [4.78, 5) is 40.1. The molecule has 7 nitrogen and oxygen atoms in total. The minimum absolute atomic E-state index is 0.0260. The third kappa shape index (κ3) is 7.35. The number of furan rings is 1. The smallest absolute Gasteiger partial charge is 0.272 e. The summed E-state index contributed by atoms with van der Waals surface area (Å²) in [5, 5.41) is 10.4. The normalized spacial score (nSPS) is 12.0. The largest absolute Gasteiger partial charge is 0.465 e. The Morgan fingerprint density at radius 1 is 0.786 bits per heavy atom. The van der Waals surface area contributed by atoms with Gasteiger partial charge in [0.05, 0.1) is 11.5 Å². The molecule has 0 radical (unpaired) electrons. The first kappa shape index (κ1) is 28.4. The van der Waals surface area contributed by atoms with Gasteiger partial charge in [-0.3, -0.25) is 14.4 Å². The lowest BCUT2D eigenvalue weighted by atomic mass is 10.1. The van der Waals surface area contributed by atoms with Gasteiger partial charge in [-0.25, -0.2) is 0 Å². The van der Waals surface area contributed by atoms with Crippen LogP contribution in [-0.2, 0) is 9.59 Å². The number of fused-ring (bicyclic) bond motifs is 1. The number of hydrogen-bond acceptors (Lipinski definition) is 5. The van der Waals surface area contributed by atoms with Crippen LogP contribution < -0.4 is 16.0 Å². The van der Waals surface area contributed by atoms with Gasteiger partial charge in [-0.2, -0.15) is 0 Å². The number of hydrogen-bond donors (Lipinski definition) is 3. The maximum atomic E-state index is 13.3. The maximum Gasteiger partial charge on any atom is 0.272 e. The number of benzene rings is 4. The molecule has 0 aliphatic carbocycles. The first-order valence-electron chi connectivity index (χ1n) is 13.5. The molecule has 3 N–H and O–H groups in total. The lowest BCUT2D eigenvalue weighted by Gasteiger charge is -2.16. The van der Waals surface area contributed by atoms with Gasteiger partial charge in [0.2, 0.25) is 5.91 Å². The summed E-state index contributed by atoms with van der Waals surface area (Å²) >= 11 is 1.42. The maximum absolute atomic E-state index is 13.3. The van der Waals surface area contributed by atoms with Crippen molar-refractivity contribution in [2.45, 2.75) is 23.5 Å². The highest BCUT2D eigenvalue weighted by Crippen LogP contribution is 2.29. The Kier molecular flexibility index (Phi) is 9.16. The van der Waals surface area contributed by atoms with Gasteiger partial charge in [-0.05, 0) is 71.8 Å². The van der Waals surface area contributed by atoms with Gasteiger partial charge in [0, 0.05) is 27.9 Å². The van der Waals surface area contributed by atoms with E-state index in [0.29, 0.717) is 23.4 Å². The highest BCUT2D eigenvalue weighted by molar-refractivity contribution is 8.00. The van der Waals surface area contributed by atoms with E-state index in [4.69, 9.17) is 4.42 Å². The molecule has 0 aliphatic rings. The Labute approximate surface area is 248 Å². The molecule has 0 bridgehead atoms. The Morgan fingerprint density at radius 2 is 1.55 bits per heavy atom. The van der Waals surface area contributed by atoms with Crippen LogP contribution in [0.4, 0.5) is 11.4 Å². The summed E-state index contributed by atoms with van der Waals surface area (Å²) in [7, 11) is 0. The molecule has 8 heteroatoms. The molecule has 1 atom stereocenters. The molecule has 1 unspecified atom stereocenters. The zero-order valence-electron chi connectivity index (χ0n) is 22.9. The third-order valence-corrected chi connectivity index (χ3v) is 7.77. The van der Waals surface area contributed by atoms with Gasteiger partial charge in [0.25, 0.3) is 11.8 Å². The molecule has 3 amide bonds. The van der Waals surface area contributed by atoms with Crippen molar-refractivity contribution in [1.29, 1.82) is 0 Å². The predicted octanol–water partition coefficient (Wildman–Crippen LogP) is 7.35. The number of amides is 3. The van der Waals surface area contributed by atoms with Crippen molar-refractivity contribution in [3.05, 3.63) is 132 Å². The summed E-state index contributed by atoms with van der Waals surface area (Å²) < 4.78 is 5.36. The second kappa shape index (κ2) is 13.5. The van der Waals surface area contributed by atoms with Gasteiger partial charge in [-0.1, -0.05) is 61.5 Å². The van der Waals surface area contributed by atoms with Crippen molar-refractivity contribution in [3.63, 3.8) is 0 Å². The minimum Gasteiger partial charge on any atom is -0.465 e. The average Bonchev–Trinajstić information content (AvgIpc) is 3.53. The second-order valence-corrected chi connectivity index (χ2v) is 10.7. The predicted molar refractivity (Wildman–Crippen MR) is 168 cm³/mol. The zero-order valence-corrected chi connectivity index (χ0v) is 23.7. The Hall–Kier alpha value is -5.08. The van der Waals surface area contributed by atoms with Crippen LogP contribution in [0.1, 0.15) is 29.5 Å². The molecule has 0 saturated heterocycles. The van der Waals surface area contributed by atoms with Crippen LogP contribution in [0.3, 0.4) is 0 Å². The molecular weight excluding hydrogens is 546 g/mol. The van der Waals surface area contributed by atoms with E-state index in [1.54, 1.807) is 48.5 Å². The second-order valence-electron chi connectivity index (χ2n) is 9.44. The van der Waals surface area contributed by atoms with Crippen molar-refractivity contribution < 1.29 is 18.8 Å². The molecule has 0 fully saturated rings. The fourth-order valence-corrected chi connectivity index (χ4v) is 5.29. The van der Waals surface area contributed by atoms with Crippen molar-refractivity contribution in [2.24, 2.45) is 0 Å². The lowest BCUT2D eigenvalue weighted by molar-refractivity contribution is -0.116. The van der Waals surface area contributed by atoms with E-state index in [1.807, 2.05) is 67.6 Å². The van der Waals surface area contributed by atoms with E-state index in [0.717, 1.165) is 21.4 Å². The summed E-state index contributed by atoms with van der Waals surface area (Å²) in [5.74, 6) is -0.615. The minimum atomic E-state index is -0.515. The Morgan fingerprint density at radius 3 is 2.31 bits per heavy atom. The topological polar surface area (TPSA) is 100 Å². The van der Waals surface area contributed by atoms with E-state index >= 15 is 0 Å². The number of anilines is 2. The standard InChI is InChI=1S/C34H29N3O4S/c1-2-31(34(40)36-27-18-17-23-10-6-7-13-25(23)20-27)42-29-16-8-14-26(21-29)35-33(39)30(22-28-15-9-19-41-28)37-32(38)24-11-4-3-5-12-24/h3-22,31H,2H2,1H3,(H,35,39)(H,36,40)(H,37,38)/b30-22-. The number of rotatable bonds is 10. The van der Waals surface area contributed by atoms with Gasteiger partial charge in [0.1, 0.15) is 11.5 Å². The Bertz CT molecular complexity index is 1730. The fraction of sp³-hybridized carbons (Fsp3) is 0.0882. The molecule has 0 aliphatic heterocycles. The van der Waals surface area contributed by atoms with E-state index in [1.165, 1.54) is 24.1 Å². The SMILES string of the molecule is CCC(Sc1cccc(NC(=O)/C(=C/c2ccco2)NC(=O)c2ccccc2)c1)C(=O)Nc1ccc2ccccc2c1. The third-order valence-electron chi connectivity index (χ3n) is 6.41. The van der Waals surface area contributed by atoms with Crippen LogP contribution in [0, 0.1) is 0 Å². The van der Waals surface area contributed by atoms with Crippen LogP contribution in [0.25, 0.3) is 16.8 Å². The number of carbonyl (C=O) groups excluding carboxylic acids is 3. The molecule has 5 rings (SSSR count). The molecule has 5 aromatic rings. The van der Waals surface area contributed by atoms with E-state index in [2.05, 4.69) is 16.0 Å². The average molecular weight is 576 g/mol. The molecule has 0 saturated carbocycles. The molecular formula is C34H29N3O4S. The molecule has 4 aromatic carbocycles. The summed E-state index contributed by atoms with van der Waals surface area (Å²) in [6.07, 6.45) is 3.57. The van der Waals surface area contributed by atoms with E-state index < -0.39 is 11.8 Å². The van der Waals surface area contributed by atoms with Crippen molar-refractivity contribution in [2.75, 3.05) is 10.6 Å². The number of thioether (sulfide) groups is 1. The molecule has 1 aromatic heterocycles. The quantitative estimate of drug-likeness (QED) is 0.119. The van der Waals surface area contributed by atoms with Gasteiger partial charge in [-0.15, -0.1) is 11.8 Å². The van der Waals surface area contributed by atoms with Gasteiger partial charge in [0.15, 0.2) is 0 Å². The number of carbonyl (C=O) groups is 3. The number of nitrogens with one attached hydrogen (secondary N) is 3. The van der Waals surface area contributed by atoms with Crippen molar-refractivity contribution >= 4 is 57.7 Å². The van der Waals surface area contributed by atoms with Crippen molar-refractivity contribution in [3.8, 4) is 0 Å². The van der Waals surface area contributed by atoms with E-state index in [9.17, 15) is 14.4 Å². The first-order chi connectivity index (χ1) is 20.5. The molecule has 0 spiro atoms. The first-order valence-corrected chi connectivity index (χ1v) is 14.4. The fourth-order valence-electron chi connectivity index (χ4n) is 4.28. The monoisotopic (exact) mass is 575 g/mol. The van der Waals surface area contributed by atoms with Crippen LogP contribution >= 0.6 is 11.8 Å².